The molecule has 2 aliphatic heterocycles. The van der Waals surface area contributed by atoms with Gasteiger partial charge in [-0.3, -0.25) is 9.52 Å². The van der Waals surface area contributed by atoms with E-state index < -0.39 is 28.0 Å². The van der Waals surface area contributed by atoms with Crippen LogP contribution in [0.25, 0.3) is 0 Å². The Hall–Kier alpha value is -4.05. The van der Waals surface area contributed by atoms with Gasteiger partial charge in [-0.25, -0.2) is 13.2 Å². The van der Waals surface area contributed by atoms with Gasteiger partial charge in [0.2, 0.25) is 5.91 Å². The maximum atomic E-state index is 13.6. The second-order valence-electron chi connectivity index (χ2n) is 8.92. The highest BCUT2D eigenvalue weighted by molar-refractivity contribution is 7.93. The van der Waals surface area contributed by atoms with Crippen LogP contribution in [-0.4, -0.2) is 40.5 Å². The smallest absolute Gasteiger partial charge is 0.339 e. The molecule has 192 valence electrons. The summed E-state index contributed by atoms with van der Waals surface area (Å²) in [6.45, 7) is 1.49. The van der Waals surface area contributed by atoms with Crippen LogP contribution < -0.4 is 19.7 Å². The van der Waals surface area contributed by atoms with E-state index in [0.717, 1.165) is 25.9 Å². The molecular weight excluding hydrogens is 494 g/mol. The molecule has 1 saturated heterocycles. The minimum absolute atomic E-state index is 0.0516. The molecule has 0 unspecified atom stereocenters. The van der Waals surface area contributed by atoms with Crippen molar-refractivity contribution in [2.75, 3.05) is 35.1 Å². The number of carbonyl (C=O) groups is 2. The summed E-state index contributed by atoms with van der Waals surface area (Å²) in [5.74, 6) is -0.465. The van der Waals surface area contributed by atoms with E-state index in [2.05, 4.69) is 10.0 Å². The standard InChI is InChI=1S/C27H27N3O6S/c1-35-23-11-5-4-10-21(23)29-37(33,34)25-16-18(12-13-22(25)30-14-6-7-15-30)28-26(31)17-24-19-8-2-3-9-20(19)27(32)36-24/h2-5,8-13,16,24,29H,6-7,14-15,17H2,1H3,(H,28,31)/t24-/m1/s1. The fourth-order valence-electron chi connectivity index (χ4n) is 4.71. The molecular formula is C27H27N3O6S. The lowest BCUT2D eigenvalue weighted by Crippen LogP contribution is -2.23. The number of ether oxygens (including phenoxy) is 2. The van der Waals surface area contributed by atoms with E-state index in [1.165, 1.54) is 13.2 Å². The van der Waals surface area contributed by atoms with Gasteiger partial charge in [0, 0.05) is 24.3 Å². The number of carbonyl (C=O) groups excluding carboxylic acids is 2. The first-order valence-corrected chi connectivity index (χ1v) is 13.5. The van der Waals surface area contributed by atoms with Crippen molar-refractivity contribution in [3.63, 3.8) is 0 Å². The molecule has 9 nitrogen and oxygen atoms in total. The van der Waals surface area contributed by atoms with Crippen LogP contribution in [0.4, 0.5) is 17.1 Å². The molecule has 0 aliphatic carbocycles. The summed E-state index contributed by atoms with van der Waals surface area (Å²) in [4.78, 5) is 27.0. The first-order valence-electron chi connectivity index (χ1n) is 12.0. The Balaban J connectivity index is 1.41. The van der Waals surface area contributed by atoms with Gasteiger partial charge in [-0.15, -0.1) is 0 Å². The van der Waals surface area contributed by atoms with Crippen molar-refractivity contribution >= 4 is 39.0 Å². The van der Waals surface area contributed by atoms with Crippen molar-refractivity contribution in [3.8, 4) is 5.75 Å². The van der Waals surface area contributed by atoms with Crippen LogP contribution in [0.2, 0.25) is 0 Å². The summed E-state index contributed by atoms with van der Waals surface area (Å²) in [7, 11) is -2.56. The number of rotatable bonds is 8. The number of nitrogens with one attached hydrogen (secondary N) is 2. The monoisotopic (exact) mass is 521 g/mol. The lowest BCUT2D eigenvalue weighted by Gasteiger charge is -2.23. The highest BCUT2D eigenvalue weighted by atomic mass is 32.2. The molecule has 0 aromatic heterocycles. The number of amides is 1. The van der Waals surface area contributed by atoms with Crippen molar-refractivity contribution < 1.29 is 27.5 Å². The summed E-state index contributed by atoms with van der Waals surface area (Å²) >= 11 is 0. The van der Waals surface area contributed by atoms with Crippen LogP contribution in [0.15, 0.2) is 71.6 Å². The van der Waals surface area contributed by atoms with Gasteiger partial charge in [-0.05, 0) is 49.2 Å². The molecule has 0 radical (unpaired) electrons. The quantitative estimate of drug-likeness (QED) is 0.424. The molecule has 0 saturated carbocycles. The summed E-state index contributed by atoms with van der Waals surface area (Å²) in [6, 6.07) is 18.6. The number of anilines is 3. The fourth-order valence-corrected chi connectivity index (χ4v) is 6.03. The Bertz CT molecular complexity index is 1450. The molecule has 2 N–H and O–H groups in total. The first kappa shape index (κ1) is 24.6. The number of methoxy groups -OCH3 is 1. The molecule has 2 heterocycles. The Morgan fingerprint density at radius 1 is 1.05 bits per heavy atom. The predicted molar refractivity (Wildman–Crippen MR) is 140 cm³/mol. The van der Waals surface area contributed by atoms with Gasteiger partial charge >= 0.3 is 5.97 Å². The minimum Gasteiger partial charge on any atom is -0.495 e. The Labute approximate surface area is 215 Å². The Kier molecular flexibility index (Phi) is 6.75. The van der Waals surface area contributed by atoms with Gasteiger partial charge in [0.1, 0.15) is 16.7 Å². The topological polar surface area (TPSA) is 114 Å². The molecule has 3 aromatic rings. The SMILES string of the molecule is COc1ccccc1NS(=O)(=O)c1cc(NC(=O)C[C@H]2OC(=O)c3ccccc32)ccc1N1CCCC1. The van der Waals surface area contributed by atoms with Gasteiger partial charge in [0.25, 0.3) is 10.0 Å². The van der Waals surface area contributed by atoms with Gasteiger partial charge < -0.3 is 19.7 Å². The maximum Gasteiger partial charge on any atom is 0.339 e. The minimum atomic E-state index is -4.03. The molecule has 1 fully saturated rings. The van der Waals surface area contributed by atoms with Crippen molar-refractivity contribution in [1.82, 2.24) is 0 Å². The molecule has 3 aromatic carbocycles. The second-order valence-corrected chi connectivity index (χ2v) is 10.6. The fraction of sp³-hybridized carbons (Fsp3) is 0.259. The number of nitrogens with zero attached hydrogens (tertiary/aromatic N) is 1. The van der Waals surface area contributed by atoms with Gasteiger partial charge in [-0.1, -0.05) is 30.3 Å². The maximum absolute atomic E-state index is 13.6. The van der Waals surface area contributed by atoms with E-state index in [4.69, 9.17) is 9.47 Å². The summed E-state index contributed by atoms with van der Waals surface area (Å²) in [5.41, 5.74) is 2.32. The van der Waals surface area contributed by atoms with Crippen molar-refractivity contribution in [2.45, 2.75) is 30.3 Å². The molecule has 5 rings (SSSR count). The van der Waals surface area contributed by atoms with E-state index in [-0.39, 0.29) is 11.3 Å². The van der Waals surface area contributed by atoms with E-state index in [1.54, 1.807) is 60.7 Å². The van der Waals surface area contributed by atoms with E-state index >= 15 is 0 Å². The van der Waals surface area contributed by atoms with Crippen LogP contribution in [0.5, 0.6) is 5.75 Å². The third-order valence-corrected chi connectivity index (χ3v) is 7.87. The van der Waals surface area contributed by atoms with E-state index in [0.29, 0.717) is 33.9 Å². The van der Waals surface area contributed by atoms with Crippen LogP contribution in [0, 0.1) is 0 Å². The molecule has 1 atom stereocenters. The number of benzene rings is 3. The highest BCUT2D eigenvalue weighted by Crippen LogP contribution is 2.35. The molecule has 10 heteroatoms. The van der Waals surface area contributed by atoms with Crippen LogP contribution in [0.3, 0.4) is 0 Å². The zero-order valence-corrected chi connectivity index (χ0v) is 21.1. The normalized spacial score (nSPS) is 16.7. The van der Waals surface area contributed by atoms with Gasteiger partial charge in [0.15, 0.2) is 0 Å². The molecule has 1 amide bonds. The largest absolute Gasteiger partial charge is 0.495 e. The zero-order chi connectivity index (χ0) is 26.0. The summed E-state index contributed by atoms with van der Waals surface area (Å²) in [6.07, 6.45) is 1.17. The number of hydrogen-bond acceptors (Lipinski definition) is 7. The lowest BCUT2D eigenvalue weighted by molar-refractivity contribution is -0.118. The van der Waals surface area contributed by atoms with Crippen molar-refractivity contribution in [2.24, 2.45) is 0 Å². The van der Waals surface area contributed by atoms with Gasteiger partial charge in [0.05, 0.1) is 30.5 Å². The van der Waals surface area contributed by atoms with Crippen LogP contribution in [-0.2, 0) is 19.6 Å². The Morgan fingerprint density at radius 3 is 2.57 bits per heavy atom. The second kappa shape index (κ2) is 10.1. The molecule has 0 spiro atoms. The number of sulfonamides is 1. The van der Waals surface area contributed by atoms with Crippen molar-refractivity contribution in [1.29, 1.82) is 0 Å². The average Bonchev–Trinajstić information content (AvgIpc) is 3.53. The average molecular weight is 522 g/mol. The summed E-state index contributed by atoms with van der Waals surface area (Å²) in [5, 5.41) is 2.77. The number of para-hydroxylation sites is 2. The number of fused-ring (bicyclic) bond motifs is 1. The Morgan fingerprint density at radius 2 is 1.78 bits per heavy atom. The first-order chi connectivity index (χ1) is 17.9. The van der Waals surface area contributed by atoms with Crippen molar-refractivity contribution in [3.05, 3.63) is 77.9 Å². The molecule has 0 bridgehead atoms. The van der Waals surface area contributed by atoms with E-state index in [1.807, 2.05) is 4.90 Å². The van der Waals surface area contributed by atoms with Crippen LogP contribution >= 0.6 is 0 Å². The summed E-state index contributed by atoms with van der Waals surface area (Å²) < 4.78 is 40.4. The van der Waals surface area contributed by atoms with Crippen LogP contribution in [0.1, 0.15) is 41.3 Å². The lowest BCUT2D eigenvalue weighted by atomic mass is 10.0. The molecule has 37 heavy (non-hydrogen) atoms. The predicted octanol–water partition coefficient (Wildman–Crippen LogP) is 4.34. The third kappa shape index (κ3) is 5.10. The number of hydrogen-bond donors (Lipinski definition) is 2. The number of esters is 1. The molecule has 2 aliphatic rings. The zero-order valence-electron chi connectivity index (χ0n) is 20.3. The highest BCUT2D eigenvalue weighted by Gasteiger charge is 2.32. The van der Waals surface area contributed by atoms with Gasteiger partial charge in [-0.2, -0.15) is 0 Å². The van der Waals surface area contributed by atoms with E-state index in [9.17, 15) is 18.0 Å². The third-order valence-electron chi connectivity index (χ3n) is 6.48. The number of cyclic esters (lactones) is 1.